The molecule has 1 atom stereocenters. The first-order chi connectivity index (χ1) is 12.9. The van der Waals surface area contributed by atoms with E-state index in [9.17, 15) is 4.79 Å². The molecule has 0 radical (unpaired) electrons. The molecule has 0 spiro atoms. The lowest BCUT2D eigenvalue weighted by Gasteiger charge is -2.21. The van der Waals surface area contributed by atoms with E-state index in [0.717, 1.165) is 27.7 Å². The summed E-state index contributed by atoms with van der Waals surface area (Å²) in [6, 6.07) is 11.6. The fourth-order valence-electron chi connectivity index (χ4n) is 3.38. The van der Waals surface area contributed by atoms with Gasteiger partial charge < -0.3 is 9.64 Å². The molecule has 1 aliphatic carbocycles. The highest BCUT2D eigenvalue weighted by atomic mass is 31.0. The molecule has 1 heterocycles. The summed E-state index contributed by atoms with van der Waals surface area (Å²) >= 11 is 0. The van der Waals surface area contributed by atoms with Crippen molar-refractivity contribution in [1.82, 2.24) is 4.90 Å². The zero-order valence-electron chi connectivity index (χ0n) is 15.7. The Hall–Kier alpha value is -2.78. The van der Waals surface area contributed by atoms with E-state index in [4.69, 9.17) is 9.73 Å². The van der Waals surface area contributed by atoms with E-state index in [0.29, 0.717) is 28.5 Å². The normalized spacial score (nSPS) is 15.2. The van der Waals surface area contributed by atoms with Gasteiger partial charge in [-0.15, -0.1) is 9.24 Å². The van der Waals surface area contributed by atoms with E-state index in [1.807, 2.05) is 62.3 Å². The number of hydrogen-bond donors (Lipinski definition) is 0. The average Bonchev–Trinajstić information content (AvgIpc) is 3.08. The molecule has 5 nitrogen and oxygen atoms in total. The number of rotatable bonds is 2. The Morgan fingerprint density at radius 3 is 2.52 bits per heavy atom. The van der Waals surface area contributed by atoms with Gasteiger partial charge in [0.2, 0.25) is 5.96 Å². The number of carbonyl (C=O) groups is 1. The number of nitrogens with zero attached hydrogens (tertiary/aromatic N) is 3. The Bertz CT molecular complexity index is 1080. The van der Waals surface area contributed by atoms with Crippen LogP contribution in [0.4, 0.5) is 0 Å². The Labute approximate surface area is 160 Å². The summed E-state index contributed by atoms with van der Waals surface area (Å²) in [4.78, 5) is 24.7. The largest absolute Gasteiger partial charge is 0.496 e. The van der Waals surface area contributed by atoms with Crippen molar-refractivity contribution in [1.29, 1.82) is 0 Å². The average molecular weight is 377 g/mol. The third-order valence-corrected chi connectivity index (χ3v) is 5.34. The number of benzene rings is 2. The van der Waals surface area contributed by atoms with Gasteiger partial charge in [-0.05, 0) is 24.6 Å². The number of carbonyl (C=O) groups excluding carboxylic acids is 1. The number of allylic oxidation sites excluding steroid dienone is 2. The molecule has 2 aromatic rings. The van der Waals surface area contributed by atoms with Crippen LogP contribution in [0.2, 0.25) is 0 Å². The first kappa shape index (κ1) is 17.6. The highest BCUT2D eigenvalue weighted by molar-refractivity contribution is 7.28. The molecule has 0 aromatic heterocycles. The first-order valence-corrected chi connectivity index (χ1v) is 9.18. The SMILES string of the molecule is COc1cccc(C2=C3N=C(N(C)C)N=C3c3ccc(C)cc3C2=O)c1P. The molecule has 0 fully saturated rings. The maximum atomic E-state index is 13.5. The van der Waals surface area contributed by atoms with Crippen molar-refractivity contribution >= 4 is 37.6 Å². The van der Waals surface area contributed by atoms with E-state index in [2.05, 4.69) is 14.2 Å². The summed E-state index contributed by atoms with van der Waals surface area (Å²) in [5.41, 5.74) is 5.25. The van der Waals surface area contributed by atoms with Crippen LogP contribution in [0.3, 0.4) is 0 Å². The van der Waals surface area contributed by atoms with Crippen LogP contribution in [-0.2, 0) is 0 Å². The predicted molar refractivity (Wildman–Crippen MR) is 112 cm³/mol. The van der Waals surface area contributed by atoms with Gasteiger partial charge in [-0.25, -0.2) is 9.98 Å². The zero-order valence-corrected chi connectivity index (χ0v) is 16.9. The molecule has 27 heavy (non-hydrogen) atoms. The summed E-state index contributed by atoms with van der Waals surface area (Å²) < 4.78 is 5.44. The molecular weight excluding hydrogens is 357 g/mol. The molecule has 136 valence electrons. The quantitative estimate of drug-likeness (QED) is 0.757. The molecule has 1 aliphatic heterocycles. The second-order valence-electron chi connectivity index (χ2n) is 6.79. The summed E-state index contributed by atoms with van der Waals surface area (Å²) in [6.07, 6.45) is 0. The van der Waals surface area contributed by atoms with Crippen LogP contribution in [0.15, 0.2) is 52.1 Å². The maximum Gasteiger partial charge on any atom is 0.226 e. The van der Waals surface area contributed by atoms with E-state index in [1.54, 1.807) is 7.11 Å². The molecule has 2 aromatic carbocycles. The standard InChI is InChI=1S/C21H20N3O2P/c1-11-8-9-12-14(10-11)19(25)16(13-6-5-7-15(26-4)20(13)27)18-17(12)22-21(23-18)24(2)3/h5-10H,27H2,1-4H3. The maximum absolute atomic E-state index is 13.5. The third-order valence-electron chi connectivity index (χ3n) is 4.74. The molecule has 0 amide bonds. The molecule has 0 saturated carbocycles. The number of fused-ring (bicyclic) bond motifs is 3. The smallest absolute Gasteiger partial charge is 0.226 e. The molecule has 0 bridgehead atoms. The summed E-state index contributed by atoms with van der Waals surface area (Å²) in [7, 11) is 8.09. The van der Waals surface area contributed by atoms with Crippen molar-refractivity contribution in [2.75, 3.05) is 21.2 Å². The van der Waals surface area contributed by atoms with Crippen molar-refractivity contribution < 1.29 is 9.53 Å². The number of Topliss-reactive ketones (excluding diaryl/α,β-unsaturated/α-hetero) is 1. The van der Waals surface area contributed by atoms with E-state index >= 15 is 0 Å². The number of hydrogen-bond acceptors (Lipinski definition) is 5. The van der Waals surface area contributed by atoms with Gasteiger partial charge >= 0.3 is 0 Å². The molecule has 2 aliphatic rings. The zero-order chi connectivity index (χ0) is 19.3. The van der Waals surface area contributed by atoms with Crippen molar-refractivity contribution in [3.05, 3.63) is 64.3 Å². The number of aliphatic imine (C=N–C) groups is 2. The number of guanidine groups is 1. The van der Waals surface area contributed by atoms with Gasteiger partial charge in [0.15, 0.2) is 5.78 Å². The van der Waals surface area contributed by atoms with Crippen LogP contribution in [0.1, 0.15) is 27.0 Å². The lowest BCUT2D eigenvalue weighted by Crippen LogP contribution is -2.22. The van der Waals surface area contributed by atoms with Crippen LogP contribution in [-0.4, -0.2) is 43.6 Å². The van der Waals surface area contributed by atoms with Gasteiger partial charge in [0, 0.05) is 30.5 Å². The monoisotopic (exact) mass is 377 g/mol. The summed E-state index contributed by atoms with van der Waals surface area (Å²) in [5.74, 6) is 1.26. The second kappa shape index (κ2) is 6.43. The molecule has 6 heteroatoms. The van der Waals surface area contributed by atoms with Crippen LogP contribution >= 0.6 is 9.24 Å². The topological polar surface area (TPSA) is 54.3 Å². The van der Waals surface area contributed by atoms with Gasteiger partial charge in [0.05, 0.1) is 12.7 Å². The fraction of sp³-hybridized carbons (Fsp3) is 0.190. The van der Waals surface area contributed by atoms with Crippen molar-refractivity contribution in [3.8, 4) is 5.75 Å². The Morgan fingerprint density at radius 2 is 1.81 bits per heavy atom. The van der Waals surface area contributed by atoms with Crippen LogP contribution in [0, 0.1) is 6.92 Å². The van der Waals surface area contributed by atoms with Gasteiger partial charge in [-0.3, -0.25) is 4.79 Å². The minimum absolute atomic E-state index is 0.0386. The third kappa shape index (κ3) is 2.70. The van der Waals surface area contributed by atoms with E-state index < -0.39 is 0 Å². The second-order valence-corrected chi connectivity index (χ2v) is 7.37. The lowest BCUT2D eigenvalue weighted by molar-refractivity contribution is 0.105. The Morgan fingerprint density at radius 1 is 1.04 bits per heavy atom. The van der Waals surface area contributed by atoms with Crippen molar-refractivity contribution in [2.45, 2.75) is 6.92 Å². The van der Waals surface area contributed by atoms with E-state index in [1.165, 1.54) is 0 Å². The number of aryl methyl sites for hydroxylation is 1. The van der Waals surface area contributed by atoms with Gasteiger partial charge in [-0.2, -0.15) is 0 Å². The molecule has 0 saturated heterocycles. The highest BCUT2D eigenvalue weighted by Gasteiger charge is 2.35. The van der Waals surface area contributed by atoms with Crippen molar-refractivity contribution in [2.24, 2.45) is 9.98 Å². The molecular formula is C21H20N3O2P. The number of methoxy groups -OCH3 is 1. The van der Waals surface area contributed by atoms with Gasteiger partial charge in [-0.1, -0.05) is 29.8 Å². The lowest BCUT2D eigenvalue weighted by atomic mass is 9.83. The van der Waals surface area contributed by atoms with Gasteiger partial charge in [0.1, 0.15) is 17.2 Å². The number of ketones is 1. The van der Waals surface area contributed by atoms with Crippen LogP contribution in [0.25, 0.3) is 5.57 Å². The van der Waals surface area contributed by atoms with Crippen LogP contribution in [0.5, 0.6) is 5.75 Å². The molecule has 0 N–H and O–H groups in total. The number of ether oxygens (including phenoxy) is 1. The summed E-state index contributed by atoms with van der Waals surface area (Å²) in [5, 5.41) is 0.833. The molecule has 1 unspecified atom stereocenters. The minimum atomic E-state index is -0.0386. The van der Waals surface area contributed by atoms with E-state index in [-0.39, 0.29) is 5.78 Å². The first-order valence-electron chi connectivity index (χ1n) is 8.60. The van der Waals surface area contributed by atoms with Crippen LogP contribution < -0.4 is 10.0 Å². The Kier molecular flexibility index (Phi) is 4.20. The highest BCUT2D eigenvalue weighted by Crippen LogP contribution is 2.37. The van der Waals surface area contributed by atoms with Gasteiger partial charge in [0.25, 0.3) is 0 Å². The Balaban J connectivity index is 2.04. The minimum Gasteiger partial charge on any atom is -0.496 e. The fourth-order valence-corrected chi connectivity index (χ4v) is 3.83. The summed E-state index contributed by atoms with van der Waals surface area (Å²) in [6.45, 7) is 1.98. The molecule has 4 rings (SSSR count). The predicted octanol–water partition coefficient (Wildman–Crippen LogP) is 2.83. The van der Waals surface area contributed by atoms with Crippen molar-refractivity contribution in [3.63, 3.8) is 0 Å².